The number of hydrogen-bond acceptors (Lipinski definition) is 4. The van der Waals surface area contributed by atoms with E-state index >= 15 is 0 Å². The van der Waals surface area contributed by atoms with E-state index in [1.54, 1.807) is 0 Å². The van der Waals surface area contributed by atoms with Crippen LogP contribution in [-0.2, 0) is 6.61 Å². The van der Waals surface area contributed by atoms with Crippen molar-refractivity contribution in [3.8, 4) is 5.75 Å². The van der Waals surface area contributed by atoms with Crippen LogP contribution in [0.3, 0.4) is 0 Å². The molecule has 3 N–H and O–H groups in total. The van der Waals surface area contributed by atoms with E-state index in [1.165, 1.54) is 0 Å². The van der Waals surface area contributed by atoms with Crippen molar-refractivity contribution >= 4 is 38.9 Å². The lowest BCUT2D eigenvalue weighted by molar-refractivity contribution is 0.303. The van der Waals surface area contributed by atoms with Crippen LogP contribution in [0.4, 0.5) is 5.69 Å². The Labute approximate surface area is 149 Å². The molecule has 0 unspecified atom stereocenters. The Morgan fingerprint density at radius 2 is 2.00 bits per heavy atom. The van der Waals surface area contributed by atoms with Crippen LogP contribution in [0.15, 0.2) is 46.9 Å². The lowest BCUT2D eigenvalue weighted by atomic mass is 10.1. The highest BCUT2D eigenvalue weighted by Crippen LogP contribution is 2.34. The number of nitrogen functional groups attached to an aromatic ring is 1. The molecule has 0 aromatic heterocycles. The molecule has 3 rings (SSSR count). The summed E-state index contributed by atoms with van der Waals surface area (Å²) in [5.41, 5.74) is 12.9. The van der Waals surface area contributed by atoms with E-state index in [4.69, 9.17) is 22.1 Å². The number of hydrazine groups is 1. The highest BCUT2D eigenvalue weighted by molar-refractivity contribution is 9.11. The molecule has 2 aromatic rings. The number of anilines is 1. The second kappa shape index (κ2) is 6.83. The molecule has 6 heteroatoms. The Morgan fingerprint density at radius 3 is 2.65 bits per heavy atom. The Kier molecular flexibility index (Phi) is 4.80. The second-order valence-electron chi connectivity index (χ2n) is 5.42. The van der Waals surface area contributed by atoms with Crippen LogP contribution in [-0.4, -0.2) is 18.6 Å². The summed E-state index contributed by atoms with van der Waals surface area (Å²) in [4.78, 5) is 0. The van der Waals surface area contributed by atoms with E-state index in [0.717, 1.165) is 33.6 Å². The molecular formula is C17H17BrClN3O. The Morgan fingerprint density at radius 1 is 1.26 bits per heavy atom. The first-order chi connectivity index (χ1) is 11.0. The molecule has 1 heterocycles. The third kappa shape index (κ3) is 3.80. The monoisotopic (exact) mass is 393 g/mol. The summed E-state index contributed by atoms with van der Waals surface area (Å²) in [6.45, 7) is 1.26. The molecule has 4 nitrogen and oxygen atoms in total. The van der Waals surface area contributed by atoms with Crippen molar-refractivity contribution in [3.63, 3.8) is 0 Å². The SMILES string of the molecule is CN1CC(Br)=C(c2cc(N)ccc2OCc2ccc(Cl)cc2)N1. The molecule has 0 aliphatic carbocycles. The van der Waals surface area contributed by atoms with Crippen LogP contribution in [0.2, 0.25) is 5.02 Å². The minimum absolute atomic E-state index is 0.467. The standard InChI is InChI=1S/C17H17BrClN3O/c1-22-9-15(18)17(21-22)14-8-13(20)6-7-16(14)23-10-11-2-4-12(19)5-3-11/h2-8,21H,9-10,20H2,1H3. The molecule has 0 spiro atoms. The maximum Gasteiger partial charge on any atom is 0.129 e. The van der Waals surface area contributed by atoms with Gasteiger partial charge in [0.25, 0.3) is 0 Å². The quantitative estimate of drug-likeness (QED) is 0.769. The average molecular weight is 395 g/mol. The average Bonchev–Trinajstić information content (AvgIpc) is 2.86. The molecular weight excluding hydrogens is 378 g/mol. The summed E-state index contributed by atoms with van der Waals surface area (Å²) in [6.07, 6.45) is 0. The number of nitrogens with two attached hydrogens (primary N) is 1. The van der Waals surface area contributed by atoms with E-state index in [-0.39, 0.29) is 0 Å². The Balaban J connectivity index is 1.85. The zero-order valence-electron chi connectivity index (χ0n) is 12.6. The van der Waals surface area contributed by atoms with E-state index in [1.807, 2.05) is 54.5 Å². The molecule has 0 atom stereocenters. The third-order valence-electron chi connectivity index (χ3n) is 3.53. The predicted octanol–water partition coefficient (Wildman–Crippen LogP) is 4.01. The summed E-state index contributed by atoms with van der Waals surface area (Å²) >= 11 is 9.52. The number of halogens is 2. The summed E-state index contributed by atoms with van der Waals surface area (Å²) in [6, 6.07) is 13.3. The maximum absolute atomic E-state index is 6.00. The molecule has 23 heavy (non-hydrogen) atoms. The highest BCUT2D eigenvalue weighted by Gasteiger charge is 2.21. The van der Waals surface area contributed by atoms with Gasteiger partial charge in [-0.2, -0.15) is 0 Å². The summed E-state index contributed by atoms with van der Waals surface area (Å²) in [5.74, 6) is 0.781. The Hall–Kier alpha value is -1.69. The predicted molar refractivity (Wildman–Crippen MR) is 98.3 cm³/mol. The van der Waals surface area contributed by atoms with Gasteiger partial charge in [-0.25, -0.2) is 5.01 Å². The molecule has 120 valence electrons. The van der Waals surface area contributed by atoms with Gasteiger partial charge in [-0.1, -0.05) is 39.7 Å². The van der Waals surface area contributed by atoms with Crippen molar-refractivity contribution in [3.05, 3.63) is 63.1 Å². The molecule has 1 aliphatic rings. The first-order valence-corrected chi connectivity index (χ1v) is 8.33. The zero-order valence-corrected chi connectivity index (χ0v) is 15.0. The van der Waals surface area contributed by atoms with Crippen LogP contribution in [0.25, 0.3) is 5.70 Å². The normalized spacial score (nSPS) is 14.9. The van der Waals surface area contributed by atoms with Gasteiger partial charge in [0, 0.05) is 27.8 Å². The van der Waals surface area contributed by atoms with E-state index < -0.39 is 0 Å². The number of hydrogen-bond donors (Lipinski definition) is 2. The molecule has 0 radical (unpaired) electrons. The molecule has 0 amide bonds. The molecule has 0 bridgehead atoms. The van der Waals surface area contributed by atoms with Crippen molar-refractivity contribution in [2.45, 2.75) is 6.61 Å². The fraction of sp³-hybridized carbons (Fsp3) is 0.176. The van der Waals surface area contributed by atoms with Gasteiger partial charge in [0.05, 0.1) is 12.2 Å². The molecule has 0 saturated heterocycles. The number of likely N-dealkylation sites (N-methyl/N-ethyl adjacent to an activating group) is 1. The van der Waals surface area contributed by atoms with Crippen LogP contribution in [0.1, 0.15) is 11.1 Å². The number of ether oxygens (including phenoxy) is 1. The van der Waals surface area contributed by atoms with Gasteiger partial charge in [-0.15, -0.1) is 0 Å². The molecule has 1 aliphatic heterocycles. The van der Waals surface area contributed by atoms with Crippen molar-refractivity contribution in [2.75, 3.05) is 19.3 Å². The topological polar surface area (TPSA) is 50.5 Å². The highest BCUT2D eigenvalue weighted by atomic mass is 79.9. The minimum atomic E-state index is 0.467. The Bertz CT molecular complexity index is 746. The molecule has 0 saturated carbocycles. The number of rotatable bonds is 4. The van der Waals surface area contributed by atoms with Gasteiger partial charge in [-0.05, 0) is 35.9 Å². The van der Waals surface area contributed by atoms with Gasteiger partial charge in [-0.3, -0.25) is 0 Å². The van der Waals surface area contributed by atoms with Crippen molar-refractivity contribution in [1.82, 2.24) is 10.4 Å². The molecule has 2 aromatic carbocycles. The van der Waals surface area contributed by atoms with E-state index in [0.29, 0.717) is 17.3 Å². The third-order valence-corrected chi connectivity index (χ3v) is 4.43. The van der Waals surface area contributed by atoms with E-state index in [2.05, 4.69) is 21.4 Å². The smallest absolute Gasteiger partial charge is 0.129 e. The number of nitrogens with zero attached hydrogens (tertiary/aromatic N) is 1. The van der Waals surface area contributed by atoms with Crippen LogP contribution < -0.4 is 15.9 Å². The first-order valence-electron chi connectivity index (χ1n) is 7.16. The lowest BCUT2D eigenvalue weighted by Gasteiger charge is -2.16. The minimum Gasteiger partial charge on any atom is -0.488 e. The van der Waals surface area contributed by atoms with Gasteiger partial charge >= 0.3 is 0 Å². The van der Waals surface area contributed by atoms with E-state index in [9.17, 15) is 0 Å². The number of benzene rings is 2. The van der Waals surface area contributed by atoms with Crippen LogP contribution in [0, 0.1) is 0 Å². The molecule has 0 fully saturated rings. The van der Waals surface area contributed by atoms with Gasteiger partial charge in [0.1, 0.15) is 12.4 Å². The summed E-state index contributed by atoms with van der Waals surface area (Å²) < 4.78 is 7.07. The van der Waals surface area contributed by atoms with Gasteiger partial charge in [0.15, 0.2) is 0 Å². The fourth-order valence-electron chi connectivity index (χ4n) is 2.40. The maximum atomic E-state index is 6.00. The summed E-state index contributed by atoms with van der Waals surface area (Å²) in [5, 5.41) is 2.71. The van der Waals surface area contributed by atoms with Crippen molar-refractivity contribution in [2.24, 2.45) is 0 Å². The van der Waals surface area contributed by atoms with Gasteiger partial charge in [0.2, 0.25) is 0 Å². The van der Waals surface area contributed by atoms with Crippen LogP contribution >= 0.6 is 27.5 Å². The number of nitrogens with one attached hydrogen (secondary N) is 1. The second-order valence-corrected chi connectivity index (χ2v) is 6.81. The van der Waals surface area contributed by atoms with Crippen molar-refractivity contribution < 1.29 is 4.74 Å². The van der Waals surface area contributed by atoms with Crippen molar-refractivity contribution in [1.29, 1.82) is 0 Å². The largest absolute Gasteiger partial charge is 0.488 e. The lowest BCUT2D eigenvalue weighted by Crippen LogP contribution is -2.27. The van der Waals surface area contributed by atoms with Crippen LogP contribution in [0.5, 0.6) is 5.75 Å². The summed E-state index contributed by atoms with van der Waals surface area (Å²) in [7, 11) is 1.98. The zero-order chi connectivity index (χ0) is 16.4. The fourth-order valence-corrected chi connectivity index (χ4v) is 3.20. The van der Waals surface area contributed by atoms with Gasteiger partial charge < -0.3 is 15.9 Å². The first kappa shape index (κ1) is 16.2.